The lowest BCUT2D eigenvalue weighted by atomic mass is 9.84. The molecular formula is C20H19N3O3. The highest BCUT2D eigenvalue weighted by atomic mass is 16.6. The second-order valence-corrected chi connectivity index (χ2v) is 6.64. The number of nitrogens with one attached hydrogen (secondary N) is 1. The van der Waals surface area contributed by atoms with Crippen LogP contribution in [-0.2, 0) is 16.9 Å². The number of nitro groups is 1. The van der Waals surface area contributed by atoms with Gasteiger partial charge in [0, 0.05) is 31.6 Å². The lowest BCUT2D eigenvalue weighted by Gasteiger charge is -2.49. The minimum atomic E-state index is -0.661. The number of rotatable bonds is 3. The summed E-state index contributed by atoms with van der Waals surface area (Å²) in [5.74, 6) is 0.0336. The maximum absolute atomic E-state index is 12.2. The molecule has 0 unspecified atom stereocenters. The Balaban J connectivity index is 1.74. The molecular weight excluding hydrogens is 330 g/mol. The van der Waals surface area contributed by atoms with Crippen LogP contribution >= 0.6 is 0 Å². The molecule has 2 aliphatic heterocycles. The van der Waals surface area contributed by atoms with Crippen LogP contribution in [0.1, 0.15) is 23.1 Å². The monoisotopic (exact) mass is 349 g/mol. The van der Waals surface area contributed by atoms with E-state index in [2.05, 4.69) is 22.3 Å². The van der Waals surface area contributed by atoms with E-state index in [1.54, 1.807) is 12.1 Å². The predicted molar refractivity (Wildman–Crippen MR) is 98.3 cm³/mol. The molecule has 0 aliphatic carbocycles. The number of hydrogen-bond acceptors (Lipinski definition) is 4. The van der Waals surface area contributed by atoms with Gasteiger partial charge >= 0.3 is 0 Å². The van der Waals surface area contributed by atoms with Gasteiger partial charge in [-0.3, -0.25) is 19.8 Å². The van der Waals surface area contributed by atoms with Gasteiger partial charge in [0.05, 0.1) is 4.92 Å². The van der Waals surface area contributed by atoms with Gasteiger partial charge in [-0.05, 0) is 41.3 Å². The molecule has 1 amide bonds. The van der Waals surface area contributed by atoms with E-state index < -0.39 is 10.6 Å². The molecule has 0 spiro atoms. The number of nitrogens with zero attached hydrogens (tertiary/aromatic N) is 2. The second kappa shape index (κ2) is 6.38. The van der Waals surface area contributed by atoms with E-state index in [-0.39, 0.29) is 11.6 Å². The van der Waals surface area contributed by atoms with Gasteiger partial charge in [-0.2, -0.15) is 0 Å². The van der Waals surface area contributed by atoms with Crippen LogP contribution in [0.15, 0.2) is 54.6 Å². The van der Waals surface area contributed by atoms with Crippen LogP contribution < -0.4 is 5.32 Å². The van der Waals surface area contributed by atoms with Crippen molar-refractivity contribution < 1.29 is 9.72 Å². The van der Waals surface area contributed by atoms with Crippen LogP contribution in [-0.4, -0.2) is 28.8 Å². The van der Waals surface area contributed by atoms with Gasteiger partial charge in [0.1, 0.15) is 5.66 Å². The Morgan fingerprint density at radius 1 is 1.08 bits per heavy atom. The number of carbonyl (C=O) groups is 1. The van der Waals surface area contributed by atoms with Crippen molar-refractivity contribution in [2.75, 3.05) is 13.1 Å². The molecule has 0 saturated carbocycles. The third-order valence-electron chi connectivity index (χ3n) is 5.14. The molecule has 1 N–H and O–H groups in total. The minimum Gasteiger partial charge on any atom is -0.330 e. The van der Waals surface area contributed by atoms with Crippen molar-refractivity contribution in [1.29, 1.82) is 0 Å². The summed E-state index contributed by atoms with van der Waals surface area (Å²) in [5, 5.41) is 14.0. The number of nitro benzene ring substituents is 1. The number of non-ortho nitro benzene ring substituents is 1. The molecule has 132 valence electrons. The summed E-state index contributed by atoms with van der Waals surface area (Å²) in [6.45, 7) is 1.59. The summed E-state index contributed by atoms with van der Waals surface area (Å²) < 4.78 is 0. The largest absolute Gasteiger partial charge is 0.330 e. The highest BCUT2D eigenvalue weighted by Gasteiger charge is 2.44. The Morgan fingerprint density at radius 2 is 1.81 bits per heavy atom. The first-order valence-electron chi connectivity index (χ1n) is 8.67. The first-order chi connectivity index (χ1) is 12.6. The first kappa shape index (κ1) is 16.5. The normalized spacial score (nSPS) is 22.5. The molecule has 2 heterocycles. The molecule has 1 saturated heterocycles. The molecule has 1 atom stereocenters. The summed E-state index contributed by atoms with van der Waals surface area (Å²) in [6.07, 6.45) is 5.38. The third kappa shape index (κ3) is 2.78. The van der Waals surface area contributed by atoms with Crippen molar-refractivity contribution in [2.45, 2.75) is 18.5 Å². The van der Waals surface area contributed by atoms with Gasteiger partial charge in [0.15, 0.2) is 0 Å². The molecule has 0 aromatic heterocycles. The Morgan fingerprint density at radius 3 is 2.58 bits per heavy atom. The highest BCUT2D eigenvalue weighted by Crippen LogP contribution is 2.37. The Kier molecular flexibility index (Phi) is 4.05. The highest BCUT2D eigenvalue weighted by molar-refractivity contribution is 5.79. The van der Waals surface area contributed by atoms with Crippen LogP contribution in [0.25, 0.3) is 6.08 Å². The zero-order valence-corrected chi connectivity index (χ0v) is 14.2. The first-order valence-corrected chi connectivity index (χ1v) is 8.67. The molecule has 0 bridgehead atoms. The molecule has 6 nitrogen and oxygen atoms in total. The maximum Gasteiger partial charge on any atom is 0.269 e. The van der Waals surface area contributed by atoms with Crippen molar-refractivity contribution >= 4 is 17.7 Å². The lowest BCUT2D eigenvalue weighted by molar-refractivity contribution is -0.384. The number of carbonyl (C=O) groups excluding carboxylic acids is 1. The summed E-state index contributed by atoms with van der Waals surface area (Å²) in [6, 6.07) is 14.6. The minimum absolute atomic E-state index is 0.0336. The van der Waals surface area contributed by atoms with Crippen molar-refractivity contribution in [2.24, 2.45) is 0 Å². The quantitative estimate of drug-likeness (QED) is 0.683. The van der Waals surface area contributed by atoms with Crippen molar-refractivity contribution in [1.82, 2.24) is 10.2 Å². The number of fused-ring (bicyclic) bond motifs is 3. The summed E-state index contributed by atoms with van der Waals surface area (Å²) in [7, 11) is 0. The fraction of sp³-hybridized carbons (Fsp3) is 0.250. The Hall–Kier alpha value is -2.99. The van der Waals surface area contributed by atoms with Crippen molar-refractivity contribution in [3.05, 3.63) is 81.4 Å². The molecule has 4 rings (SSSR count). The molecule has 2 aromatic rings. The average molecular weight is 349 g/mol. The third-order valence-corrected chi connectivity index (χ3v) is 5.14. The van der Waals surface area contributed by atoms with E-state index in [1.165, 1.54) is 17.7 Å². The Bertz CT molecular complexity index is 891. The van der Waals surface area contributed by atoms with Crippen molar-refractivity contribution in [3.63, 3.8) is 0 Å². The van der Waals surface area contributed by atoms with Gasteiger partial charge in [0.25, 0.3) is 5.69 Å². The molecule has 2 aromatic carbocycles. The van der Waals surface area contributed by atoms with E-state index in [0.717, 1.165) is 24.1 Å². The fourth-order valence-electron chi connectivity index (χ4n) is 3.82. The standard InChI is InChI=1S/C20H19N3O3/c24-19-11-14-22-13-10-16-3-1-2-4-18(16)20(22,21-19)12-9-15-5-7-17(8-6-15)23(25)26/h1-9,12H,10-11,13-14H2,(H,21,24)/b12-9+/t20-/m1/s1. The number of hydrogen-bond donors (Lipinski definition) is 1. The molecule has 2 aliphatic rings. The second-order valence-electron chi connectivity index (χ2n) is 6.64. The van der Waals surface area contributed by atoms with Crippen LogP contribution in [0.5, 0.6) is 0 Å². The van der Waals surface area contributed by atoms with Gasteiger partial charge in [-0.15, -0.1) is 0 Å². The molecule has 26 heavy (non-hydrogen) atoms. The summed E-state index contributed by atoms with van der Waals surface area (Å²) in [4.78, 5) is 24.9. The van der Waals surface area contributed by atoms with Crippen molar-refractivity contribution in [3.8, 4) is 0 Å². The fourth-order valence-corrected chi connectivity index (χ4v) is 3.82. The van der Waals surface area contributed by atoms with Crippen LogP contribution in [0.3, 0.4) is 0 Å². The van der Waals surface area contributed by atoms with Gasteiger partial charge in [-0.1, -0.05) is 30.3 Å². The van der Waals surface area contributed by atoms with Crippen LogP contribution in [0.4, 0.5) is 5.69 Å². The van der Waals surface area contributed by atoms with Gasteiger partial charge < -0.3 is 5.32 Å². The van der Waals surface area contributed by atoms with E-state index in [4.69, 9.17) is 0 Å². The maximum atomic E-state index is 12.2. The molecule has 6 heteroatoms. The van der Waals surface area contributed by atoms with Crippen LogP contribution in [0, 0.1) is 10.1 Å². The van der Waals surface area contributed by atoms with E-state index in [9.17, 15) is 14.9 Å². The SMILES string of the molecule is O=C1CCN2CCc3ccccc3[C@]2(/C=C/c2ccc([N+](=O)[O-])cc2)N1. The van der Waals surface area contributed by atoms with E-state index >= 15 is 0 Å². The van der Waals surface area contributed by atoms with Gasteiger partial charge in [-0.25, -0.2) is 0 Å². The number of amides is 1. The smallest absolute Gasteiger partial charge is 0.269 e. The summed E-state index contributed by atoms with van der Waals surface area (Å²) in [5.41, 5.74) is 2.59. The number of benzene rings is 2. The van der Waals surface area contributed by atoms with E-state index in [0.29, 0.717) is 13.0 Å². The molecule has 1 fully saturated rings. The van der Waals surface area contributed by atoms with E-state index in [1.807, 2.05) is 24.3 Å². The molecule has 0 radical (unpaired) electrons. The topological polar surface area (TPSA) is 75.5 Å². The Labute approximate surface area is 151 Å². The average Bonchev–Trinajstić information content (AvgIpc) is 2.66. The van der Waals surface area contributed by atoms with Gasteiger partial charge in [0.2, 0.25) is 5.91 Å². The predicted octanol–water partition coefficient (Wildman–Crippen LogP) is 2.84. The van der Waals surface area contributed by atoms with Crippen LogP contribution in [0.2, 0.25) is 0 Å². The lowest BCUT2D eigenvalue weighted by Crippen LogP contribution is -2.63. The zero-order chi connectivity index (χ0) is 18.1. The summed E-state index contributed by atoms with van der Waals surface area (Å²) >= 11 is 0. The zero-order valence-electron chi connectivity index (χ0n) is 14.2.